The SMILES string of the molecule is Cl.Cn1ccnc1CN(Cc1ccc(OCC2CC2)cc1)C1CC12CCNCC2. The number of aryl methyl sites for hydroxylation is 1. The average molecular weight is 417 g/mol. The van der Waals surface area contributed by atoms with E-state index in [4.69, 9.17) is 4.74 Å². The number of piperidine rings is 1. The zero-order valence-electron chi connectivity index (χ0n) is 17.3. The molecule has 3 fully saturated rings. The van der Waals surface area contributed by atoms with Crippen molar-refractivity contribution in [3.8, 4) is 5.75 Å². The van der Waals surface area contributed by atoms with Gasteiger partial charge in [-0.3, -0.25) is 4.90 Å². The summed E-state index contributed by atoms with van der Waals surface area (Å²) in [7, 11) is 2.10. The molecular formula is C23H33ClN4O. The van der Waals surface area contributed by atoms with Gasteiger partial charge in [0.1, 0.15) is 11.6 Å². The van der Waals surface area contributed by atoms with Crippen LogP contribution in [0, 0.1) is 11.3 Å². The maximum Gasteiger partial charge on any atom is 0.122 e. The highest BCUT2D eigenvalue weighted by molar-refractivity contribution is 5.85. The molecule has 1 atom stereocenters. The van der Waals surface area contributed by atoms with Crippen LogP contribution < -0.4 is 10.1 Å². The number of benzene rings is 1. The van der Waals surface area contributed by atoms with Gasteiger partial charge in [-0.25, -0.2) is 4.98 Å². The zero-order chi connectivity index (χ0) is 19.0. The number of rotatable bonds is 8. The van der Waals surface area contributed by atoms with E-state index in [9.17, 15) is 0 Å². The average Bonchev–Trinajstić information content (AvgIpc) is 3.62. The normalized spacial score (nSPS) is 22.5. The van der Waals surface area contributed by atoms with Gasteiger partial charge >= 0.3 is 0 Å². The van der Waals surface area contributed by atoms with Gasteiger partial charge in [-0.05, 0) is 74.2 Å². The molecule has 1 spiro atoms. The number of ether oxygens (including phenoxy) is 1. The van der Waals surface area contributed by atoms with E-state index in [1.165, 1.54) is 50.8 Å². The summed E-state index contributed by atoms with van der Waals surface area (Å²) in [6.45, 7) is 5.11. The Hall–Kier alpha value is -1.56. The van der Waals surface area contributed by atoms with Crippen LogP contribution in [0.3, 0.4) is 0 Å². The maximum atomic E-state index is 5.91. The predicted molar refractivity (Wildman–Crippen MR) is 117 cm³/mol. The number of nitrogens with one attached hydrogen (secondary N) is 1. The predicted octanol–water partition coefficient (Wildman–Crippen LogP) is 3.78. The monoisotopic (exact) mass is 416 g/mol. The minimum Gasteiger partial charge on any atom is -0.493 e. The van der Waals surface area contributed by atoms with Gasteiger partial charge in [0.05, 0.1) is 13.2 Å². The van der Waals surface area contributed by atoms with Crippen LogP contribution in [0.4, 0.5) is 0 Å². The summed E-state index contributed by atoms with van der Waals surface area (Å²) < 4.78 is 8.06. The summed E-state index contributed by atoms with van der Waals surface area (Å²) in [4.78, 5) is 7.25. The topological polar surface area (TPSA) is 42.3 Å². The summed E-state index contributed by atoms with van der Waals surface area (Å²) in [5.41, 5.74) is 1.90. The van der Waals surface area contributed by atoms with E-state index in [0.29, 0.717) is 11.5 Å². The molecule has 1 aromatic heterocycles. The molecule has 1 aromatic carbocycles. The lowest BCUT2D eigenvalue weighted by Crippen LogP contribution is -2.36. The first-order valence-electron chi connectivity index (χ1n) is 10.8. The van der Waals surface area contributed by atoms with Gasteiger partial charge in [0.25, 0.3) is 0 Å². The molecule has 0 amide bonds. The van der Waals surface area contributed by atoms with Crippen LogP contribution >= 0.6 is 12.4 Å². The van der Waals surface area contributed by atoms with Gasteiger partial charge < -0.3 is 14.6 Å². The molecule has 1 unspecified atom stereocenters. The highest BCUT2D eigenvalue weighted by atomic mass is 35.5. The molecule has 29 heavy (non-hydrogen) atoms. The first-order valence-corrected chi connectivity index (χ1v) is 10.8. The molecule has 2 saturated carbocycles. The van der Waals surface area contributed by atoms with Crippen LogP contribution in [-0.4, -0.2) is 40.2 Å². The standard InChI is InChI=1S/C23H32N4O.ClH/c1-26-13-12-25-22(26)16-27(21-14-23(21)8-10-24-11-9-23)15-18-4-6-20(7-5-18)28-17-19-2-3-19;/h4-7,12-13,19,21,24H,2-3,8-11,14-17H2,1H3;1H. The molecule has 6 heteroatoms. The van der Waals surface area contributed by atoms with Crippen molar-refractivity contribution < 1.29 is 4.74 Å². The molecule has 1 aliphatic heterocycles. The van der Waals surface area contributed by atoms with Crippen LogP contribution in [0.2, 0.25) is 0 Å². The van der Waals surface area contributed by atoms with E-state index in [2.05, 4.69) is 51.1 Å². The first-order chi connectivity index (χ1) is 13.7. The fourth-order valence-corrected chi connectivity index (χ4v) is 4.74. The molecule has 1 saturated heterocycles. The van der Waals surface area contributed by atoms with E-state index < -0.39 is 0 Å². The smallest absolute Gasteiger partial charge is 0.122 e. The molecule has 3 aliphatic rings. The molecule has 1 N–H and O–H groups in total. The van der Waals surface area contributed by atoms with Crippen LogP contribution in [-0.2, 0) is 20.1 Å². The van der Waals surface area contributed by atoms with E-state index in [1.807, 2.05) is 12.4 Å². The Balaban J connectivity index is 0.00000205. The second kappa shape index (κ2) is 8.66. The number of halogens is 1. The van der Waals surface area contributed by atoms with Gasteiger partial charge in [0.2, 0.25) is 0 Å². The molecule has 2 aliphatic carbocycles. The number of hydrogen-bond donors (Lipinski definition) is 1. The molecule has 0 radical (unpaired) electrons. The second-order valence-corrected chi connectivity index (χ2v) is 9.09. The van der Waals surface area contributed by atoms with Crippen molar-refractivity contribution in [2.45, 2.75) is 51.2 Å². The van der Waals surface area contributed by atoms with E-state index in [1.54, 1.807) is 0 Å². The van der Waals surface area contributed by atoms with Crippen molar-refractivity contribution in [2.75, 3.05) is 19.7 Å². The summed E-state index contributed by atoms with van der Waals surface area (Å²) >= 11 is 0. The molecule has 0 bridgehead atoms. The quantitative estimate of drug-likeness (QED) is 0.711. The summed E-state index contributed by atoms with van der Waals surface area (Å²) in [6, 6.07) is 9.45. The van der Waals surface area contributed by atoms with Crippen LogP contribution in [0.15, 0.2) is 36.7 Å². The summed E-state index contributed by atoms with van der Waals surface area (Å²) in [6.07, 6.45) is 10.6. The number of nitrogens with zero attached hydrogens (tertiary/aromatic N) is 3. The Morgan fingerprint density at radius 3 is 2.59 bits per heavy atom. The third-order valence-corrected chi connectivity index (χ3v) is 6.94. The zero-order valence-corrected chi connectivity index (χ0v) is 18.2. The lowest BCUT2D eigenvalue weighted by molar-refractivity contribution is 0.182. The Morgan fingerprint density at radius 2 is 1.93 bits per heavy atom. The lowest BCUT2D eigenvalue weighted by Gasteiger charge is -2.29. The molecule has 2 aromatic rings. The van der Waals surface area contributed by atoms with Crippen molar-refractivity contribution in [3.05, 3.63) is 48.0 Å². The molecular weight excluding hydrogens is 384 g/mol. The van der Waals surface area contributed by atoms with Crippen LogP contribution in [0.5, 0.6) is 5.75 Å². The van der Waals surface area contributed by atoms with E-state index in [-0.39, 0.29) is 12.4 Å². The second-order valence-electron chi connectivity index (χ2n) is 9.09. The van der Waals surface area contributed by atoms with Crippen molar-refractivity contribution in [2.24, 2.45) is 18.4 Å². The van der Waals surface area contributed by atoms with Crippen molar-refractivity contribution >= 4 is 12.4 Å². The van der Waals surface area contributed by atoms with E-state index >= 15 is 0 Å². The third kappa shape index (κ3) is 4.79. The molecule has 158 valence electrons. The van der Waals surface area contributed by atoms with Gasteiger partial charge in [-0.15, -0.1) is 12.4 Å². The fourth-order valence-electron chi connectivity index (χ4n) is 4.74. The summed E-state index contributed by atoms with van der Waals surface area (Å²) in [5.74, 6) is 2.96. The van der Waals surface area contributed by atoms with Crippen molar-refractivity contribution in [1.29, 1.82) is 0 Å². The minimum absolute atomic E-state index is 0. The third-order valence-electron chi connectivity index (χ3n) is 6.94. The number of imidazole rings is 1. The molecule has 5 rings (SSSR count). The lowest BCUT2D eigenvalue weighted by atomic mass is 9.93. The Labute approximate surface area is 180 Å². The van der Waals surface area contributed by atoms with Crippen LogP contribution in [0.1, 0.15) is 43.5 Å². The fraction of sp³-hybridized carbons (Fsp3) is 0.609. The van der Waals surface area contributed by atoms with Crippen molar-refractivity contribution in [1.82, 2.24) is 19.8 Å². The first kappa shape index (κ1) is 20.7. The van der Waals surface area contributed by atoms with Crippen molar-refractivity contribution in [3.63, 3.8) is 0 Å². The Morgan fingerprint density at radius 1 is 1.17 bits per heavy atom. The number of aromatic nitrogens is 2. The van der Waals surface area contributed by atoms with E-state index in [0.717, 1.165) is 37.2 Å². The highest BCUT2D eigenvalue weighted by Crippen LogP contribution is 2.56. The number of hydrogen-bond acceptors (Lipinski definition) is 4. The molecule has 2 heterocycles. The van der Waals surface area contributed by atoms with Gasteiger partial charge in [-0.2, -0.15) is 0 Å². The largest absolute Gasteiger partial charge is 0.493 e. The van der Waals surface area contributed by atoms with Gasteiger partial charge in [0, 0.05) is 32.0 Å². The minimum atomic E-state index is 0. The van der Waals surface area contributed by atoms with Gasteiger partial charge in [-0.1, -0.05) is 12.1 Å². The van der Waals surface area contributed by atoms with Gasteiger partial charge in [0.15, 0.2) is 0 Å². The Bertz CT molecular complexity index is 795. The summed E-state index contributed by atoms with van der Waals surface area (Å²) in [5, 5.41) is 3.53. The Kier molecular flexibility index (Phi) is 6.19. The molecule has 5 nitrogen and oxygen atoms in total. The maximum absolute atomic E-state index is 5.91. The van der Waals surface area contributed by atoms with Crippen LogP contribution in [0.25, 0.3) is 0 Å². The highest BCUT2D eigenvalue weighted by Gasteiger charge is 2.56.